The van der Waals surface area contributed by atoms with Gasteiger partial charge in [0, 0.05) is 10.6 Å². The lowest BCUT2D eigenvalue weighted by atomic mass is 10.0. The van der Waals surface area contributed by atoms with Gasteiger partial charge in [-0.1, -0.05) is 36.4 Å². The average molecular weight is 328 g/mol. The molecule has 1 unspecified atom stereocenters. The van der Waals surface area contributed by atoms with Crippen LogP contribution in [0.1, 0.15) is 23.4 Å². The van der Waals surface area contributed by atoms with Gasteiger partial charge in [0.25, 0.3) is 0 Å². The fourth-order valence-corrected chi connectivity index (χ4v) is 3.22. The zero-order valence-electron chi connectivity index (χ0n) is 12.5. The number of thiophene rings is 1. The predicted molar refractivity (Wildman–Crippen MR) is 87.7 cm³/mol. The number of hydrogen-bond acceptors (Lipinski definition) is 4. The second-order valence-electron chi connectivity index (χ2n) is 5.15. The minimum absolute atomic E-state index is 0.196. The summed E-state index contributed by atoms with van der Waals surface area (Å²) in [6.07, 6.45) is 0. The highest BCUT2D eigenvalue weighted by Crippen LogP contribution is 2.30. The third-order valence-corrected chi connectivity index (χ3v) is 4.47. The van der Waals surface area contributed by atoms with Gasteiger partial charge in [-0.3, -0.25) is 0 Å². The van der Waals surface area contributed by atoms with E-state index in [0.29, 0.717) is 11.3 Å². The first-order valence-corrected chi connectivity index (χ1v) is 8.06. The first-order chi connectivity index (χ1) is 11.1. The van der Waals surface area contributed by atoms with Crippen LogP contribution in [0.15, 0.2) is 59.1 Å². The maximum atomic E-state index is 12.5. The van der Waals surface area contributed by atoms with E-state index < -0.39 is 12.0 Å². The Morgan fingerprint density at radius 2 is 2.00 bits per heavy atom. The third-order valence-electron chi connectivity index (χ3n) is 3.53. The second kappa shape index (κ2) is 6.66. The molecule has 2 heterocycles. The third kappa shape index (κ3) is 3.43. The van der Waals surface area contributed by atoms with E-state index in [1.54, 1.807) is 6.92 Å². The molecule has 1 aromatic carbocycles. The van der Waals surface area contributed by atoms with Crippen molar-refractivity contribution in [3.8, 4) is 0 Å². The number of amides is 2. The summed E-state index contributed by atoms with van der Waals surface area (Å²) in [4.78, 5) is 25.1. The molecule has 118 valence electrons. The normalized spacial score (nSPS) is 17.4. The lowest BCUT2D eigenvalue weighted by Crippen LogP contribution is -2.45. The molecule has 0 fully saturated rings. The van der Waals surface area contributed by atoms with Crippen molar-refractivity contribution in [1.29, 1.82) is 0 Å². The Kier molecular flexibility index (Phi) is 4.43. The van der Waals surface area contributed by atoms with E-state index in [9.17, 15) is 9.59 Å². The molecular formula is C17H16N2O3S. The van der Waals surface area contributed by atoms with Crippen LogP contribution in [0, 0.1) is 0 Å². The molecule has 23 heavy (non-hydrogen) atoms. The van der Waals surface area contributed by atoms with Gasteiger partial charge in [-0.25, -0.2) is 9.59 Å². The van der Waals surface area contributed by atoms with Gasteiger partial charge in [0.15, 0.2) is 0 Å². The van der Waals surface area contributed by atoms with Crippen LogP contribution in [0.5, 0.6) is 0 Å². The van der Waals surface area contributed by atoms with Crippen LogP contribution in [0.3, 0.4) is 0 Å². The highest BCUT2D eigenvalue weighted by atomic mass is 32.1. The topological polar surface area (TPSA) is 67.4 Å². The minimum Gasteiger partial charge on any atom is -0.457 e. The molecule has 2 N–H and O–H groups in total. The smallest absolute Gasteiger partial charge is 0.338 e. The van der Waals surface area contributed by atoms with Gasteiger partial charge >= 0.3 is 12.0 Å². The van der Waals surface area contributed by atoms with E-state index >= 15 is 0 Å². The first kappa shape index (κ1) is 15.3. The molecule has 0 saturated heterocycles. The molecule has 0 saturated carbocycles. The summed E-state index contributed by atoms with van der Waals surface area (Å²) >= 11 is 1.48. The lowest BCUT2D eigenvalue weighted by Gasteiger charge is -2.27. The Bertz CT molecular complexity index is 738. The van der Waals surface area contributed by atoms with E-state index in [2.05, 4.69) is 10.6 Å². The Hall–Kier alpha value is -2.60. The largest absolute Gasteiger partial charge is 0.457 e. The van der Waals surface area contributed by atoms with Crippen molar-refractivity contribution < 1.29 is 14.3 Å². The molecule has 3 rings (SSSR count). The van der Waals surface area contributed by atoms with Crippen molar-refractivity contribution in [2.45, 2.75) is 19.6 Å². The van der Waals surface area contributed by atoms with Crippen LogP contribution in [0.2, 0.25) is 0 Å². The van der Waals surface area contributed by atoms with Crippen LogP contribution in [0.4, 0.5) is 4.79 Å². The summed E-state index contributed by atoms with van der Waals surface area (Å²) < 4.78 is 5.42. The SMILES string of the molecule is CC1=C(C(=O)OCc2ccccc2)C(c2cccs2)NC(=O)N1. The van der Waals surface area contributed by atoms with E-state index in [4.69, 9.17) is 4.74 Å². The number of carbonyl (C=O) groups excluding carboxylic acids is 2. The van der Waals surface area contributed by atoms with E-state index in [-0.39, 0.29) is 12.6 Å². The Morgan fingerprint density at radius 1 is 1.22 bits per heavy atom. The van der Waals surface area contributed by atoms with E-state index in [1.807, 2.05) is 47.8 Å². The number of nitrogens with one attached hydrogen (secondary N) is 2. The van der Waals surface area contributed by atoms with Gasteiger partial charge in [0.1, 0.15) is 6.61 Å². The van der Waals surface area contributed by atoms with Crippen molar-refractivity contribution in [2.75, 3.05) is 0 Å². The maximum absolute atomic E-state index is 12.5. The fourth-order valence-electron chi connectivity index (χ4n) is 2.43. The first-order valence-electron chi connectivity index (χ1n) is 7.18. The van der Waals surface area contributed by atoms with Crippen LogP contribution < -0.4 is 10.6 Å². The number of hydrogen-bond donors (Lipinski definition) is 2. The molecule has 1 aromatic heterocycles. The molecule has 2 aromatic rings. The van der Waals surface area contributed by atoms with Crippen LogP contribution in [-0.2, 0) is 16.1 Å². The molecule has 1 aliphatic rings. The molecule has 0 bridgehead atoms. The van der Waals surface area contributed by atoms with Gasteiger partial charge in [-0.2, -0.15) is 0 Å². The van der Waals surface area contributed by atoms with Crippen LogP contribution in [0.25, 0.3) is 0 Å². The van der Waals surface area contributed by atoms with Crippen molar-refractivity contribution in [1.82, 2.24) is 10.6 Å². The molecule has 6 heteroatoms. The monoisotopic (exact) mass is 328 g/mol. The molecule has 2 amide bonds. The summed E-state index contributed by atoms with van der Waals surface area (Å²) in [5, 5.41) is 7.32. The summed E-state index contributed by atoms with van der Waals surface area (Å²) in [7, 11) is 0. The van der Waals surface area contributed by atoms with E-state index in [1.165, 1.54) is 11.3 Å². The summed E-state index contributed by atoms with van der Waals surface area (Å²) in [5.41, 5.74) is 1.87. The van der Waals surface area contributed by atoms with Gasteiger partial charge in [-0.05, 0) is 23.9 Å². The van der Waals surface area contributed by atoms with Crippen molar-refractivity contribution in [3.05, 3.63) is 69.6 Å². The van der Waals surface area contributed by atoms with Crippen molar-refractivity contribution in [2.24, 2.45) is 0 Å². The molecule has 1 aliphatic heterocycles. The number of rotatable bonds is 4. The molecular weight excluding hydrogens is 312 g/mol. The average Bonchev–Trinajstić information content (AvgIpc) is 3.07. The number of carbonyl (C=O) groups is 2. The van der Waals surface area contributed by atoms with Crippen LogP contribution in [-0.4, -0.2) is 12.0 Å². The molecule has 1 atom stereocenters. The highest BCUT2D eigenvalue weighted by Gasteiger charge is 2.32. The van der Waals surface area contributed by atoms with Gasteiger partial charge in [-0.15, -0.1) is 11.3 Å². The molecule has 5 nitrogen and oxygen atoms in total. The predicted octanol–water partition coefficient (Wildman–Crippen LogP) is 3.12. The number of urea groups is 1. The van der Waals surface area contributed by atoms with Crippen molar-refractivity contribution in [3.63, 3.8) is 0 Å². The maximum Gasteiger partial charge on any atom is 0.338 e. The summed E-state index contributed by atoms with van der Waals surface area (Å²) in [5.74, 6) is -0.433. The second-order valence-corrected chi connectivity index (χ2v) is 6.13. The number of allylic oxidation sites excluding steroid dienone is 1. The standard InChI is InChI=1S/C17H16N2O3S/c1-11-14(16(20)22-10-12-6-3-2-4-7-12)15(19-17(21)18-11)13-8-5-9-23-13/h2-9,15H,10H2,1H3,(H2,18,19,21). The zero-order valence-corrected chi connectivity index (χ0v) is 13.4. The zero-order chi connectivity index (χ0) is 16.2. The van der Waals surface area contributed by atoms with Crippen molar-refractivity contribution >= 4 is 23.3 Å². The number of esters is 1. The van der Waals surface area contributed by atoms with Crippen LogP contribution >= 0.6 is 11.3 Å². The highest BCUT2D eigenvalue weighted by molar-refractivity contribution is 7.10. The lowest BCUT2D eigenvalue weighted by molar-refractivity contribution is -0.140. The van der Waals surface area contributed by atoms with Gasteiger partial charge < -0.3 is 15.4 Å². The summed E-state index contributed by atoms with van der Waals surface area (Å²) in [6, 6.07) is 12.5. The van der Waals surface area contributed by atoms with E-state index in [0.717, 1.165) is 10.4 Å². The molecule has 0 radical (unpaired) electrons. The number of benzene rings is 1. The fraction of sp³-hybridized carbons (Fsp3) is 0.176. The van der Waals surface area contributed by atoms with Gasteiger partial charge in [0.05, 0.1) is 11.6 Å². The van der Waals surface area contributed by atoms with Gasteiger partial charge in [0.2, 0.25) is 0 Å². The minimum atomic E-state index is -0.480. The Labute approximate surface area is 138 Å². The number of ether oxygens (including phenoxy) is 1. The quantitative estimate of drug-likeness (QED) is 0.848. The Morgan fingerprint density at radius 3 is 2.70 bits per heavy atom. The Balaban J connectivity index is 1.81. The summed E-state index contributed by atoms with van der Waals surface area (Å²) in [6.45, 7) is 1.90. The molecule has 0 spiro atoms. The molecule has 0 aliphatic carbocycles.